The summed E-state index contributed by atoms with van der Waals surface area (Å²) in [6, 6.07) is 18.9. The van der Waals surface area contributed by atoms with Crippen molar-refractivity contribution in [3.05, 3.63) is 66.2 Å². The number of amides is 2. The number of piperazine rings is 1. The van der Waals surface area contributed by atoms with E-state index in [1.807, 2.05) is 60.7 Å². The number of anilines is 1. The van der Waals surface area contributed by atoms with Crippen molar-refractivity contribution in [3.8, 4) is 0 Å². The maximum Gasteiger partial charge on any atom is 0.321 e. The van der Waals surface area contributed by atoms with Crippen LogP contribution < -0.4 is 10.0 Å². The summed E-state index contributed by atoms with van der Waals surface area (Å²) in [5, 5.41) is 2.84. The minimum Gasteiger partial charge on any atom is -0.322 e. The van der Waals surface area contributed by atoms with E-state index in [0.717, 1.165) is 11.3 Å². The highest BCUT2D eigenvalue weighted by Crippen LogP contribution is 2.47. The molecule has 0 unspecified atom stereocenters. The molecule has 4 rings (SSSR count). The quantitative estimate of drug-likeness (QED) is 0.789. The lowest BCUT2D eigenvalue weighted by Gasteiger charge is -2.34. The van der Waals surface area contributed by atoms with Crippen LogP contribution in [0.3, 0.4) is 0 Å². The van der Waals surface area contributed by atoms with Gasteiger partial charge in [-0.1, -0.05) is 55.5 Å². The first kappa shape index (κ1) is 19.9. The molecule has 2 amide bonds. The van der Waals surface area contributed by atoms with Gasteiger partial charge in [-0.15, -0.1) is 0 Å². The molecule has 2 fully saturated rings. The average molecular weight is 415 g/mol. The third-order valence-corrected chi connectivity index (χ3v) is 7.35. The fourth-order valence-corrected chi connectivity index (χ4v) is 5.43. The second kappa shape index (κ2) is 8.14. The Morgan fingerprint density at radius 3 is 2.14 bits per heavy atom. The van der Waals surface area contributed by atoms with Gasteiger partial charge in [0.1, 0.15) is 0 Å². The van der Waals surface area contributed by atoms with Gasteiger partial charge in [0.05, 0.1) is 0 Å². The number of hydrogen-bond donors (Lipinski definition) is 2. The molecule has 154 valence electrons. The molecule has 2 aliphatic rings. The minimum atomic E-state index is -3.58. The summed E-state index contributed by atoms with van der Waals surface area (Å²) in [7, 11) is -3.58. The van der Waals surface area contributed by atoms with Gasteiger partial charge < -0.3 is 10.2 Å². The molecule has 7 nitrogen and oxygen atoms in total. The highest BCUT2D eigenvalue weighted by atomic mass is 32.2. The smallest absolute Gasteiger partial charge is 0.321 e. The molecule has 29 heavy (non-hydrogen) atoms. The van der Waals surface area contributed by atoms with E-state index in [4.69, 9.17) is 0 Å². The van der Waals surface area contributed by atoms with Gasteiger partial charge in [0.2, 0.25) is 0 Å². The van der Waals surface area contributed by atoms with E-state index in [9.17, 15) is 13.2 Å². The van der Waals surface area contributed by atoms with Gasteiger partial charge in [-0.3, -0.25) is 0 Å². The van der Waals surface area contributed by atoms with Crippen molar-refractivity contribution in [2.75, 3.05) is 31.5 Å². The van der Waals surface area contributed by atoms with Crippen molar-refractivity contribution in [1.29, 1.82) is 0 Å². The topological polar surface area (TPSA) is 81.8 Å². The number of carbonyl (C=O) groups is 1. The number of rotatable bonds is 5. The number of urea groups is 1. The molecular formula is C21H26N4O3S. The normalized spacial score (nSPS) is 24.9. The van der Waals surface area contributed by atoms with Gasteiger partial charge in [-0.2, -0.15) is 17.4 Å². The summed E-state index contributed by atoms with van der Waals surface area (Å²) in [6.07, 6.45) is 0. The second-order valence-corrected chi connectivity index (χ2v) is 9.33. The molecule has 0 bridgehead atoms. The average Bonchev–Trinajstić information content (AvgIpc) is 3.37. The predicted octanol–water partition coefficient (Wildman–Crippen LogP) is 2.47. The Labute approximate surface area is 171 Å². The summed E-state index contributed by atoms with van der Waals surface area (Å²) in [4.78, 5) is 14.0. The minimum absolute atomic E-state index is 0.0817. The Morgan fingerprint density at radius 1 is 0.931 bits per heavy atom. The molecule has 0 aromatic heterocycles. The summed E-state index contributed by atoms with van der Waals surface area (Å²) >= 11 is 0. The molecule has 1 saturated carbocycles. The summed E-state index contributed by atoms with van der Waals surface area (Å²) in [5.41, 5.74) is 1.89. The number of para-hydroxylation sites is 1. The van der Waals surface area contributed by atoms with Gasteiger partial charge in [0.15, 0.2) is 0 Å². The number of carbonyl (C=O) groups excluding carboxylic acids is 1. The van der Waals surface area contributed by atoms with E-state index in [-0.39, 0.29) is 37.0 Å². The van der Waals surface area contributed by atoms with E-state index < -0.39 is 10.2 Å². The summed E-state index contributed by atoms with van der Waals surface area (Å²) < 4.78 is 29.9. The van der Waals surface area contributed by atoms with Crippen molar-refractivity contribution in [2.45, 2.75) is 18.9 Å². The summed E-state index contributed by atoms with van der Waals surface area (Å²) in [5.74, 6) is 0.481. The first-order chi connectivity index (χ1) is 14.0. The van der Waals surface area contributed by atoms with Crippen LogP contribution in [0.2, 0.25) is 0 Å². The maximum atomic E-state index is 12.8. The monoisotopic (exact) mass is 414 g/mol. The molecule has 3 atom stereocenters. The molecule has 8 heteroatoms. The maximum absolute atomic E-state index is 12.8. The van der Waals surface area contributed by atoms with E-state index in [1.54, 1.807) is 4.90 Å². The van der Waals surface area contributed by atoms with Crippen LogP contribution in [0, 0.1) is 5.92 Å². The van der Waals surface area contributed by atoms with Crippen LogP contribution in [0.1, 0.15) is 18.4 Å². The Hall–Kier alpha value is -2.42. The third kappa shape index (κ3) is 4.44. The number of benzene rings is 2. The predicted molar refractivity (Wildman–Crippen MR) is 113 cm³/mol. The zero-order valence-corrected chi connectivity index (χ0v) is 17.2. The van der Waals surface area contributed by atoms with Crippen molar-refractivity contribution in [1.82, 2.24) is 13.9 Å². The van der Waals surface area contributed by atoms with Gasteiger partial charge in [0.25, 0.3) is 10.2 Å². The van der Waals surface area contributed by atoms with E-state index >= 15 is 0 Å². The van der Waals surface area contributed by atoms with Crippen LogP contribution in [0.25, 0.3) is 0 Å². The first-order valence-corrected chi connectivity index (χ1v) is 11.3. The van der Waals surface area contributed by atoms with Crippen molar-refractivity contribution in [2.24, 2.45) is 5.92 Å². The highest BCUT2D eigenvalue weighted by Gasteiger charge is 2.50. The molecule has 2 aromatic carbocycles. The standard InChI is InChI=1S/C21H26N4O3S/c1-16-19(17-8-4-2-5-9-17)20(16)23-29(27,28)25-14-12-24(13-15-25)21(26)22-18-10-6-3-7-11-18/h2-11,16,19-20,23H,12-15H2,1H3,(H,22,26)/t16-,19-,20+/m1/s1. The molecule has 1 saturated heterocycles. The first-order valence-electron chi connectivity index (χ1n) is 9.89. The molecule has 2 aromatic rings. The lowest BCUT2D eigenvalue weighted by atomic mass is 10.1. The van der Waals surface area contributed by atoms with Crippen molar-refractivity contribution >= 4 is 21.9 Å². The molecule has 1 aliphatic heterocycles. The number of hydrogen-bond acceptors (Lipinski definition) is 3. The Balaban J connectivity index is 1.30. The van der Waals surface area contributed by atoms with Crippen LogP contribution in [0.15, 0.2) is 60.7 Å². The van der Waals surface area contributed by atoms with Crippen molar-refractivity contribution < 1.29 is 13.2 Å². The Morgan fingerprint density at radius 2 is 1.52 bits per heavy atom. The van der Waals surface area contributed by atoms with Crippen LogP contribution in [-0.2, 0) is 10.2 Å². The van der Waals surface area contributed by atoms with Crippen molar-refractivity contribution in [3.63, 3.8) is 0 Å². The van der Waals surface area contributed by atoms with E-state index in [1.165, 1.54) is 4.31 Å². The van der Waals surface area contributed by atoms with Gasteiger partial charge >= 0.3 is 6.03 Å². The van der Waals surface area contributed by atoms with E-state index in [2.05, 4.69) is 17.0 Å². The van der Waals surface area contributed by atoms with Crippen LogP contribution >= 0.6 is 0 Å². The van der Waals surface area contributed by atoms with Gasteiger partial charge in [0, 0.05) is 43.8 Å². The SMILES string of the molecule is C[C@H]1[C@H](NS(=O)(=O)N2CCN(C(=O)Nc3ccccc3)CC2)[C@H]1c1ccccc1. The lowest BCUT2D eigenvalue weighted by Crippen LogP contribution is -2.54. The molecule has 0 spiro atoms. The lowest BCUT2D eigenvalue weighted by molar-refractivity contribution is 0.184. The number of nitrogens with one attached hydrogen (secondary N) is 2. The highest BCUT2D eigenvalue weighted by molar-refractivity contribution is 7.87. The number of nitrogens with zero attached hydrogens (tertiary/aromatic N) is 2. The fourth-order valence-electron chi connectivity index (χ4n) is 3.93. The largest absolute Gasteiger partial charge is 0.322 e. The Bertz CT molecular complexity index is 944. The Kier molecular flexibility index (Phi) is 5.58. The second-order valence-electron chi connectivity index (χ2n) is 7.63. The van der Waals surface area contributed by atoms with Crippen LogP contribution in [-0.4, -0.2) is 55.9 Å². The molecule has 0 radical (unpaired) electrons. The third-order valence-electron chi connectivity index (χ3n) is 5.74. The summed E-state index contributed by atoms with van der Waals surface area (Å²) in [6.45, 7) is 3.36. The van der Waals surface area contributed by atoms with Crippen LogP contribution in [0.5, 0.6) is 0 Å². The van der Waals surface area contributed by atoms with Gasteiger partial charge in [-0.05, 0) is 23.6 Å². The fraction of sp³-hybridized carbons (Fsp3) is 0.381. The molecule has 2 N–H and O–H groups in total. The molecule has 1 aliphatic carbocycles. The molecular weight excluding hydrogens is 388 g/mol. The zero-order valence-electron chi connectivity index (χ0n) is 16.4. The molecule has 1 heterocycles. The van der Waals surface area contributed by atoms with Crippen LogP contribution in [0.4, 0.5) is 10.5 Å². The van der Waals surface area contributed by atoms with Gasteiger partial charge in [-0.25, -0.2) is 4.79 Å². The van der Waals surface area contributed by atoms with E-state index in [0.29, 0.717) is 13.1 Å². The zero-order chi connectivity index (χ0) is 20.4.